The first-order chi connectivity index (χ1) is 8.49. The summed E-state index contributed by atoms with van der Waals surface area (Å²) in [7, 11) is 0. The molecule has 92 valence electrons. The number of fused-ring (bicyclic) bond motifs is 1. The molecule has 0 fully saturated rings. The van der Waals surface area contributed by atoms with E-state index in [0.717, 1.165) is 0 Å². The van der Waals surface area contributed by atoms with Gasteiger partial charge in [-0.25, -0.2) is 4.79 Å². The molecule has 0 saturated heterocycles. The fraction of sp³-hybridized carbons (Fsp3) is 0. The summed E-state index contributed by atoms with van der Waals surface area (Å²) < 4.78 is 0. The van der Waals surface area contributed by atoms with Crippen molar-refractivity contribution < 1.29 is 9.59 Å². The van der Waals surface area contributed by atoms with Crippen molar-refractivity contribution >= 4 is 40.0 Å². The van der Waals surface area contributed by atoms with Gasteiger partial charge in [-0.2, -0.15) is 0 Å². The summed E-state index contributed by atoms with van der Waals surface area (Å²) in [5, 5.41) is 3.41. The number of carbonyl (C=O) groups is 2. The van der Waals surface area contributed by atoms with E-state index in [9.17, 15) is 9.59 Å². The number of amides is 3. The van der Waals surface area contributed by atoms with Crippen molar-refractivity contribution in [3.8, 4) is 0 Å². The Morgan fingerprint density at radius 2 is 2.00 bits per heavy atom. The van der Waals surface area contributed by atoms with Gasteiger partial charge in [0.1, 0.15) is 5.69 Å². The predicted octanol–water partition coefficient (Wildman–Crippen LogP) is 1.28. The Morgan fingerprint density at radius 3 is 2.67 bits per heavy atom. The largest absolute Gasteiger partial charge is 0.398 e. The molecule has 7 heteroatoms. The zero-order valence-corrected chi connectivity index (χ0v) is 9.86. The molecule has 1 aromatic heterocycles. The van der Waals surface area contributed by atoms with Crippen LogP contribution in [0.5, 0.6) is 0 Å². The van der Waals surface area contributed by atoms with Crippen LogP contribution in [0.3, 0.4) is 0 Å². The number of anilines is 1. The minimum atomic E-state index is -0.950. The normalized spacial score (nSPS) is 10.3. The Labute approximate surface area is 107 Å². The lowest BCUT2D eigenvalue weighted by molar-refractivity contribution is 0.0963. The number of hydrogen-bond acceptors (Lipinski definition) is 4. The van der Waals surface area contributed by atoms with Crippen LogP contribution in [0.1, 0.15) is 10.5 Å². The average Bonchev–Trinajstić information content (AvgIpc) is 2.27. The maximum atomic E-state index is 11.7. The van der Waals surface area contributed by atoms with Crippen LogP contribution in [0.4, 0.5) is 10.5 Å². The number of nitrogens with zero attached hydrogens (tertiary/aromatic N) is 1. The van der Waals surface area contributed by atoms with Gasteiger partial charge in [-0.05, 0) is 18.2 Å². The van der Waals surface area contributed by atoms with Crippen LogP contribution in [-0.2, 0) is 0 Å². The molecule has 5 N–H and O–H groups in total. The topological polar surface area (TPSA) is 111 Å². The second kappa shape index (κ2) is 4.50. The lowest BCUT2D eigenvalue weighted by Crippen LogP contribution is -2.35. The number of nitrogens with two attached hydrogens (primary N) is 2. The molecule has 2 aromatic rings. The van der Waals surface area contributed by atoms with Gasteiger partial charge in [0.05, 0.1) is 0 Å². The molecule has 6 nitrogen and oxygen atoms in total. The quantitative estimate of drug-likeness (QED) is 0.674. The number of hydrogen-bond donors (Lipinski definition) is 3. The molecule has 2 rings (SSSR count). The SMILES string of the molecule is NC(=O)NC(=O)c1nccc2c(N)cc(Cl)cc12. The van der Waals surface area contributed by atoms with Crippen LogP contribution in [0.2, 0.25) is 5.02 Å². The van der Waals surface area contributed by atoms with Gasteiger partial charge in [0.15, 0.2) is 0 Å². The number of urea groups is 1. The summed E-state index contributed by atoms with van der Waals surface area (Å²) in [5.74, 6) is -0.699. The highest BCUT2D eigenvalue weighted by Crippen LogP contribution is 2.27. The molecule has 1 heterocycles. The van der Waals surface area contributed by atoms with Crippen LogP contribution in [-0.4, -0.2) is 16.9 Å². The average molecular weight is 265 g/mol. The van der Waals surface area contributed by atoms with Gasteiger partial charge in [-0.15, -0.1) is 0 Å². The van der Waals surface area contributed by atoms with Crippen molar-refractivity contribution in [2.45, 2.75) is 0 Å². The summed E-state index contributed by atoms with van der Waals surface area (Å²) in [6, 6.07) is 3.83. The van der Waals surface area contributed by atoms with E-state index < -0.39 is 11.9 Å². The van der Waals surface area contributed by atoms with Crippen LogP contribution < -0.4 is 16.8 Å². The van der Waals surface area contributed by atoms with E-state index in [-0.39, 0.29) is 5.69 Å². The van der Waals surface area contributed by atoms with Crippen LogP contribution in [0.25, 0.3) is 10.8 Å². The van der Waals surface area contributed by atoms with E-state index in [1.54, 1.807) is 18.2 Å². The van der Waals surface area contributed by atoms with E-state index in [2.05, 4.69) is 4.98 Å². The summed E-state index contributed by atoms with van der Waals surface area (Å²) in [4.78, 5) is 26.3. The molecule has 18 heavy (non-hydrogen) atoms. The number of halogens is 1. The lowest BCUT2D eigenvalue weighted by atomic mass is 10.1. The van der Waals surface area contributed by atoms with Crippen molar-refractivity contribution in [3.05, 3.63) is 35.1 Å². The minimum Gasteiger partial charge on any atom is -0.398 e. The predicted molar refractivity (Wildman–Crippen MR) is 68.2 cm³/mol. The third-order valence-electron chi connectivity index (χ3n) is 2.33. The van der Waals surface area contributed by atoms with E-state index in [1.165, 1.54) is 6.20 Å². The van der Waals surface area contributed by atoms with E-state index in [1.807, 2.05) is 5.32 Å². The van der Waals surface area contributed by atoms with Crippen molar-refractivity contribution in [2.75, 3.05) is 5.73 Å². The first kappa shape index (κ1) is 12.1. The molecule has 0 aliphatic heterocycles. The molecular formula is C11H9ClN4O2. The number of carbonyl (C=O) groups excluding carboxylic acids is 2. The number of rotatable bonds is 1. The molecule has 1 aromatic carbocycles. The number of nitrogens with one attached hydrogen (secondary N) is 1. The number of imide groups is 1. The third kappa shape index (κ3) is 2.18. The van der Waals surface area contributed by atoms with Crippen LogP contribution >= 0.6 is 11.6 Å². The first-order valence-electron chi connectivity index (χ1n) is 4.93. The molecule has 0 radical (unpaired) electrons. The number of nitrogen functional groups attached to an aromatic ring is 1. The van der Waals surface area contributed by atoms with Crippen LogP contribution in [0, 0.1) is 0 Å². The minimum absolute atomic E-state index is 0.0421. The molecule has 0 spiro atoms. The number of primary amides is 1. The summed E-state index contributed by atoms with van der Waals surface area (Å²) in [6.45, 7) is 0. The van der Waals surface area contributed by atoms with E-state index in [0.29, 0.717) is 21.5 Å². The number of benzene rings is 1. The fourth-order valence-electron chi connectivity index (χ4n) is 1.63. The van der Waals surface area contributed by atoms with Gasteiger partial charge >= 0.3 is 6.03 Å². The molecule has 0 bridgehead atoms. The highest BCUT2D eigenvalue weighted by Gasteiger charge is 2.14. The van der Waals surface area contributed by atoms with Gasteiger partial charge in [0.25, 0.3) is 5.91 Å². The Balaban J connectivity index is 2.65. The van der Waals surface area contributed by atoms with Crippen molar-refractivity contribution in [1.29, 1.82) is 0 Å². The molecule has 0 aliphatic rings. The second-order valence-corrected chi connectivity index (χ2v) is 4.00. The molecular weight excluding hydrogens is 256 g/mol. The summed E-state index contributed by atoms with van der Waals surface area (Å²) in [5.41, 5.74) is 11.1. The second-order valence-electron chi connectivity index (χ2n) is 3.57. The van der Waals surface area contributed by atoms with Crippen molar-refractivity contribution in [2.24, 2.45) is 5.73 Å². The Morgan fingerprint density at radius 1 is 1.28 bits per heavy atom. The molecule has 0 atom stereocenters. The lowest BCUT2D eigenvalue weighted by Gasteiger charge is -2.07. The fourth-order valence-corrected chi connectivity index (χ4v) is 1.86. The third-order valence-corrected chi connectivity index (χ3v) is 2.55. The Bertz CT molecular complexity index is 657. The van der Waals surface area contributed by atoms with Gasteiger partial charge in [-0.3, -0.25) is 15.1 Å². The Kier molecular flexibility index (Phi) is 3.03. The van der Waals surface area contributed by atoms with Gasteiger partial charge in [0, 0.05) is 27.7 Å². The monoisotopic (exact) mass is 264 g/mol. The zero-order chi connectivity index (χ0) is 13.3. The van der Waals surface area contributed by atoms with Gasteiger partial charge in [0.2, 0.25) is 0 Å². The van der Waals surface area contributed by atoms with E-state index >= 15 is 0 Å². The number of aromatic nitrogens is 1. The van der Waals surface area contributed by atoms with Crippen molar-refractivity contribution in [3.63, 3.8) is 0 Å². The maximum Gasteiger partial charge on any atom is 0.319 e. The molecule has 0 unspecified atom stereocenters. The standard InChI is InChI=1S/C11H9ClN4O2/c12-5-3-7-6(8(13)4-5)1-2-15-9(7)10(17)16-11(14)18/h1-4H,13H2,(H3,14,16,17,18). The summed E-state index contributed by atoms with van der Waals surface area (Å²) in [6.07, 6.45) is 1.42. The van der Waals surface area contributed by atoms with Crippen LogP contribution in [0.15, 0.2) is 24.4 Å². The summed E-state index contributed by atoms with van der Waals surface area (Å²) >= 11 is 5.88. The molecule has 0 saturated carbocycles. The smallest absolute Gasteiger partial charge is 0.319 e. The first-order valence-corrected chi connectivity index (χ1v) is 5.31. The van der Waals surface area contributed by atoms with E-state index in [4.69, 9.17) is 23.1 Å². The molecule has 3 amide bonds. The zero-order valence-electron chi connectivity index (χ0n) is 9.11. The highest BCUT2D eigenvalue weighted by molar-refractivity contribution is 6.32. The van der Waals surface area contributed by atoms with Crippen molar-refractivity contribution in [1.82, 2.24) is 10.3 Å². The van der Waals surface area contributed by atoms with Gasteiger partial charge in [-0.1, -0.05) is 11.6 Å². The Hall–Kier alpha value is -2.34. The molecule has 0 aliphatic carbocycles. The highest BCUT2D eigenvalue weighted by atomic mass is 35.5. The maximum absolute atomic E-state index is 11.7. The number of pyridine rings is 1. The van der Waals surface area contributed by atoms with Gasteiger partial charge < -0.3 is 11.5 Å².